The molecule has 0 heterocycles. The second-order valence-electron chi connectivity index (χ2n) is 6.71. The fourth-order valence-corrected chi connectivity index (χ4v) is 2.12. The lowest BCUT2D eigenvalue weighted by Gasteiger charge is -2.24. The molecule has 160 valence electrons. The molecule has 0 aliphatic carbocycles. The summed E-state index contributed by atoms with van der Waals surface area (Å²) in [6.07, 6.45) is -0.678. The number of aliphatic hydroxyl groups is 1. The van der Waals surface area contributed by atoms with Crippen molar-refractivity contribution in [3.05, 3.63) is 0 Å². The highest BCUT2D eigenvalue weighted by molar-refractivity contribution is 5.94. The molecule has 0 rings (SSSR count). The molecule has 0 saturated heterocycles. The molecule has 3 amide bonds. The average molecular weight is 404 g/mol. The summed E-state index contributed by atoms with van der Waals surface area (Å²) >= 11 is 0. The van der Waals surface area contributed by atoms with Crippen LogP contribution in [-0.2, 0) is 24.0 Å². The van der Waals surface area contributed by atoms with Gasteiger partial charge in [0, 0.05) is 0 Å². The molecule has 8 N–H and O–H groups in total. The molecular formula is C16H28N4O8. The molecule has 0 radical (unpaired) electrons. The van der Waals surface area contributed by atoms with Gasteiger partial charge in [-0.05, 0) is 19.3 Å². The number of nitrogens with two attached hydrogens (primary N) is 1. The molecule has 0 bridgehead atoms. The Kier molecular flexibility index (Phi) is 10.7. The van der Waals surface area contributed by atoms with Crippen LogP contribution in [0.3, 0.4) is 0 Å². The highest BCUT2D eigenvalue weighted by Crippen LogP contribution is 2.07. The Morgan fingerprint density at radius 3 is 1.82 bits per heavy atom. The predicted molar refractivity (Wildman–Crippen MR) is 95.9 cm³/mol. The molecule has 12 heteroatoms. The van der Waals surface area contributed by atoms with Crippen LogP contribution < -0.4 is 21.7 Å². The summed E-state index contributed by atoms with van der Waals surface area (Å²) in [4.78, 5) is 58.1. The minimum absolute atomic E-state index is 0.0634. The third-order valence-corrected chi connectivity index (χ3v) is 3.62. The number of rotatable bonds is 12. The van der Waals surface area contributed by atoms with Gasteiger partial charge in [0.25, 0.3) is 0 Å². The Balaban J connectivity index is 5.12. The Labute approximate surface area is 161 Å². The van der Waals surface area contributed by atoms with Gasteiger partial charge in [-0.1, -0.05) is 13.8 Å². The fraction of sp³-hybridized carbons (Fsp3) is 0.688. The highest BCUT2D eigenvalue weighted by Gasteiger charge is 2.30. The van der Waals surface area contributed by atoms with E-state index in [0.717, 1.165) is 0 Å². The van der Waals surface area contributed by atoms with Gasteiger partial charge in [-0.3, -0.25) is 19.2 Å². The van der Waals surface area contributed by atoms with E-state index in [4.69, 9.17) is 21.1 Å². The molecule has 0 aliphatic heterocycles. The molecule has 4 atom stereocenters. The van der Waals surface area contributed by atoms with E-state index in [0.29, 0.717) is 0 Å². The maximum atomic E-state index is 12.4. The van der Waals surface area contributed by atoms with Crippen molar-refractivity contribution in [3.63, 3.8) is 0 Å². The van der Waals surface area contributed by atoms with Gasteiger partial charge in [-0.2, -0.15) is 0 Å². The summed E-state index contributed by atoms with van der Waals surface area (Å²) in [6, 6.07) is -5.09. The summed E-state index contributed by atoms with van der Waals surface area (Å²) in [7, 11) is 0. The second kappa shape index (κ2) is 11.9. The van der Waals surface area contributed by atoms with Crippen LogP contribution >= 0.6 is 0 Å². The van der Waals surface area contributed by atoms with Gasteiger partial charge in [0.05, 0.1) is 13.0 Å². The number of carboxylic acids is 2. The first kappa shape index (κ1) is 25.3. The first-order chi connectivity index (χ1) is 12.9. The van der Waals surface area contributed by atoms with Crippen LogP contribution in [0.5, 0.6) is 0 Å². The van der Waals surface area contributed by atoms with Gasteiger partial charge < -0.3 is 37.0 Å². The number of hydrogen-bond acceptors (Lipinski definition) is 7. The first-order valence-electron chi connectivity index (χ1n) is 8.61. The van der Waals surface area contributed by atoms with Gasteiger partial charge in [0.1, 0.15) is 24.2 Å². The Morgan fingerprint density at radius 2 is 1.39 bits per heavy atom. The number of carbonyl (C=O) groups is 5. The third kappa shape index (κ3) is 9.28. The zero-order chi connectivity index (χ0) is 22.0. The molecule has 0 spiro atoms. The standard InChI is InChI=1S/C16H28N4O8/c1-7(2)4-10(15(26)20-11(16(27)28)5-12(22)23)19-13(24)8(3)18-14(25)9(17)6-21/h7-11,21H,4-6,17H2,1-3H3,(H,18,25)(H,19,24)(H,20,26)(H,22,23)(H,27,28). The van der Waals surface area contributed by atoms with Crippen LogP contribution in [0.15, 0.2) is 0 Å². The lowest BCUT2D eigenvalue weighted by atomic mass is 10.0. The van der Waals surface area contributed by atoms with Crippen LogP contribution in [0.2, 0.25) is 0 Å². The maximum Gasteiger partial charge on any atom is 0.326 e. The van der Waals surface area contributed by atoms with Crippen LogP contribution in [-0.4, -0.2) is 75.8 Å². The molecule has 0 aromatic carbocycles. The van der Waals surface area contributed by atoms with E-state index < -0.39 is 66.9 Å². The van der Waals surface area contributed by atoms with Gasteiger partial charge in [0.2, 0.25) is 17.7 Å². The van der Waals surface area contributed by atoms with Gasteiger partial charge >= 0.3 is 11.9 Å². The normalized spacial score (nSPS) is 15.1. The van der Waals surface area contributed by atoms with Crippen LogP contribution in [0, 0.1) is 5.92 Å². The molecule has 0 aliphatic rings. The average Bonchev–Trinajstić information content (AvgIpc) is 2.58. The molecule has 4 unspecified atom stereocenters. The number of aliphatic hydroxyl groups excluding tert-OH is 1. The van der Waals surface area contributed by atoms with Crippen molar-refractivity contribution < 1.29 is 39.3 Å². The van der Waals surface area contributed by atoms with Crippen LogP contribution in [0.4, 0.5) is 0 Å². The smallest absolute Gasteiger partial charge is 0.326 e. The molecule has 0 aromatic rings. The van der Waals surface area contributed by atoms with Crippen LogP contribution in [0.25, 0.3) is 0 Å². The Morgan fingerprint density at radius 1 is 0.857 bits per heavy atom. The second-order valence-corrected chi connectivity index (χ2v) is 6.71. The van der Waals surface area contributed by atoms with Crippen molar-refractivity contribution in [3.8, 4) is 0 Å². The molecule has 28 heavy (non-hydrogen) atoms. The van der Waals surface area contributed by atoms with E-state index in [1.807, 2.05) is 0 Å². The maximum absolute atomic E-state index is 12.4. The first-order valence-corrected chi connectivity index (χ1v) is 8.61. The summed E-state index contributed by atoms with van der Waals surface area (Å²) in [5, 5.41) is 33.4. The van der Waals surface area contributed by atoms with Crippen molar-refractivity contribution >= 4 is 29.7 Å². The van der Waals surface area contributed by atoms with Crippen LogP contribution in [0.1, 0.15) is 33.6 Å². The zero-order valence-corrected chi connectivity index (χ0v) is 16.0. The minimum atomic E-state index is -1.66. The zero-order valence-electron chi connectivity index (χ0n) is 16.0. The van der Waals surface area contributed by atoms with E-state index in [9.17, 15) is 24.0 Å². The lowest BCUT2D eigenvalue weighted by molar-refractivity contribution is -0.147. The van der Waals surface area contributed by atoms with Crippen molar-refractivity contribution in [2.75, 3.05) is 6.61 Å². The van der Waals surface area contributed by atoms with Gasteiger partial charge in [-0.25, -0.2) is 4.79 Å². The summed E-state index contributed by atoms with van der Waals surface area (Å²) in [6.45, 7) is 4.26. The molecule has 0 fully saturated rings. The van der Waals surface area contributed by atoms with Crippen molar-refractivity contribution in [2.24, 2.45) is 11.7 Å². The minimum Gasteiger partial charge on any atom is -0.481 e. The molecule has 12 nitrogen and oxygen atoms in total. The fourth-order valence-electron chi connectivity index (χ4n) is 2.12. The lowest BCUT2D eigenvalue weighted by Crippen LogP contribution is -2.57. The predicted octanol–water partition coefficient (Wildman–Crippen LogP) is -2.61. The Bertz CT molecular complexity index is 595. The monoisotopic (exact) mass is 404 g/mol. The quantitative estimate of drug-likeness (QED) is 0.181. The van der Waals surface area contributed by atoms with E-state index >= 15 is 0 Å². The van der Waals surface area contributed by atoms with Gasteiger partial charge in [-0.15, -0.1) is 0 Å². The van der Waals surface area contributed by atoms with Crippen molar-refractivity contribution in [1.29, 1.82) is 0 Å². The number of aliphatic carboxylic acids is 2. The number of carboxylic acid groups (broad SMARTS) is 2. The highest BCUT2D eigenvalue weighted by atomic mass is 16.4. The molecule has 0 saturated carbocycles. The third-order valence-electron chi connectivity index (χ3n) is 3.62. The number of nitrogens with one attached hydrogen (secondary N) is 3. The summed E-state index contributed by atoms with van der Waals surface area (Å²) in [5.74, 6) is -5.35. The number of hydrogen-bond donors (Lipinski definition) is 7. The molecule has 0 aromatic heterocycles. The van der Waals surface area contributed by atoms with Crippen molar-refractivity contribution in [1.82, 2.24) is 16.0 Å². The van der Waals surface area contributed by atoms with E-state index in [2.05, 4.69) is 16.0 Å². The van der Waals surface area contributed by atoms with E-state index in [1.54, 1.807) is 13.8 Å². The number of amides is 3. The Hall–Kier alpha value is -2.73. The summed E-state index contributed by atoms with van der Waals surface area (Å²) < 4.78 is 0. The van der Waals surface area contributed by atoms with E-state index in [1.165, 1.54) is 6.92 Å². The van der Waals surface area contributed by atoms with E-state index in [-0.39, 0.29) is 12.3 Å². The number of carbonyl (C=O) groups excluding carboxylic acids is 3. The summed E-state index contributed by atoms with van der Waals surface area (Å²) in [5.41, 5.74) is 5.34. The molecular weight excluding hydrogens is 376 g/mol. The van der Waals surface area contributed by atoms with Crippen molar-refractivity contribution in [2.45, 2.75) is 57.8 Å². The topological polar surface area (TPSA) is 208 Å². The van der Waals surface area contributed by atoms with Gasteiger partial charge in [0.15, 0.2) is 0 Å². The SMILES string of the molecule is CC(C)CC(NC(=O)C(C)NC(=O)C(N)CO)C(=O)NC(CC(=O)O)C(=O)O. The largest absolute Gasteiger partial charge is 0.481 e.